The van der Waals surface area contributed by atoms with Crippen LogP contribution in [0.3, 0.4) is 0 Å². The van der Waals surface area contributed by atoms with Gasteiger partial charge in [0.15, 0.2) is 0 Å². The van der Waals surface area contributed by atoms with Crippen molar-refractivity contribution in [2.45, 2.75) is 30.6 Å². The number of rotatable bonds is 7. The van der Waals surface area contributed by atoms with E-state index in [1.807, 2.05) is 28.9 Å². The van der Waals surface area contributed by atoms with Crippen molar-refractivity contribution < 1.29 is 9.53 Å². The first-order valence-electron chi connectivity index (χ1n) is 7.45. The predicted octanol–water partition coefficient (Wildman–Crippen LogP) is 1.77. The quantitative estimate of drug-likeness (QED) is 0.719. The lowest BCUT2D eigenvalue weighted by Gasteiger charge is -2.17. The van der Waals surface area contributed by atoms with Crippen LogP contribution >= 0.6 is 11.8 Å². The van der Waals surface area contributed by atoms with E-state index in [1.54, 1.807) is 19.1 Å². The van der Waals surface area contributed by atoms with Crippen molar-refractivity contribution in [1.29, 1.82) is 0 Å². The predicted molar refractivity (Wildman–Crippen MR) is 86.3 cm³/mol. The summed E-state index contributed by atoms with van der Waals surface area (Å²) in [5.74, 6) is 1.20. The van der Waals surface area contributed by atoms with Gasteiger partial charge in [-0.1, -0.05) is 23.9 Å². The number of amides is 1. The number of benzene rings is 1. The zero-order valence-electron chi connectivity index (χ0n) is 13.2. The van der Waals surface area contributed by atoms with Crippen LogP contribution in [-0.2, 0) is 11.3 Å². The lowest BCUT2D eigenvalue weighted by atomic mass is 10.2. The van der Waals surface area contributed by atoms with Gasteiger partial charge < -0.3 is 9.64 Å². The molecule has 1 amide bonds. The molecular weight excluding hydrogens is 314 g/mol. The lowest BCUT2D eigenvalue weighted by Crippen LogP contribution is -2.27. The van der Waals surface area contributed by atoms with E-state index in [1.165, 1.54) is 11.8 Å². The van der Waals surface area contributed by atoms with Crippen LogP contribution in [0.4, 0.5) is 0 Å². The minimum atomic E-state index is 0.0520. The van der Waals surface area contributed by atoms with Crippen LogP contribution in [0.5, 0.6) is 5.75 Å². The summed E-state index contributed by atoms with van der Waals surface area (Å²) in [5, 5.41) is 12.4. The summed E-state index contributed by atoms with van der Waals surface area (Å²) in [7, 11) is 3.44. The molecule has 1 saturated carbocycles. The van der Waals surface area contributed by atoms with Crippen LogP contribution in [-0.4, -0.2) is 50.9 Å². The molecule has 3 rings (SSSR count). The van der Waals surface area contributed by atoms with E-state index < -0.39 is 0 Å². The molecule has 1 aromatic heterocycles. The second kappa shape index (κ2) is 6.99. The summed E-state index contributed by atoms with van der Waals surface area (Å²) in [5.41, 5.74) is 1.06. The van der Waals surface area contributed by atoms with Gasteiger partial charge in [-0.25, -0.2) is 4.68 Å². The Morgan fingerprint density at radius 1 is 1.39 bits per heavy atom. The largest absolute Gasteiger partial charge is 0.497 e. The molecule has 0 radical (unpaired) electrons. The normalized spacial score (nSPS) is 13.8. The molecule has 0 atom stereocenters. The zero-order chi connectivity index (χ0) is 16.2. The Kier molecular flexibility index (Phi) is 4.80. The maximum atomic E-state index is 12.3. The molecule has 0 spiro atoms. The van der Waals surface area contributed by atoms with Gasteiger partial charge in [-0.15, -0.1) is 5.10 Å². The fourth-order valence-electron chi connectivity index (χ4n) is 2.16. The minimum absolute atomic E-state index is 0.0520. The summed E-state index contributed by atoms with van der Waals surface area (Å²) in [6.07, 6.45) is 2.23. The Morgan fingerprint density at radius 2 is 2.13 bits per heavy atom. The van der Waals surface area contributed by atoms with E-state index in [9.17, 15) is 4.79 Å². The average Bonchev–Trinajstić information content (AvgIpc) is 3.31. The van der Waals surface area contributed by atoms with E-state index in [-0.39, 0.29) is 5.91 Å². The standard InChI is InChI=1S/C15H19N5O2S/c1-19(9-11-3-7-13(22-2)8-4-11)14(21)10-23-15-16-17-18-20(15)12-5-6-12/h3-4,7-8,12H,5-6,9-10H2,1-2H3. The molecule has 0 aliphatic heterocycles. The molecule has 0 unspecified atom stereocenters. The number of tetrazole rings is 1. The number of methoxy groups -OCH3 is 1. The van der Waals surface area contributed by atoms with Crippen LogP contribution in [0, 0.1) is 0 Å². The maximum Gasteiger partial charge on any atom is 0.233 e. The lowest BCUT2D eigenvalue weighted by molar-refractivity contribution is -0.127. The Labute approximate surface area is 139 Å². The van der Waals surface area contributed by atoms with E-state index >= 15 is 0 Å². The Balaban J connectivity index is 1.51. The summed E-state index contributed by atoms with van der Waals surface area (Å²) < 4.78 is 6.95. The topological polar surface area (TPSA) is 73.1 Å². The fourth-order valence-corrected chi connectivity index (χ4v) is 3.04. The summed E-state index contributed by atoms with van der Waals surface area (Å²) in [4.78, 5) is 14.0. The Hall–Kier alpha value is -2.09. The molecule has 0 bridgehead atoms. The second-order valence-corrected chi connectivity index (χ2v) is 6.47. The molecule has 0 N–H and O–H groups in total. The monoisotopic (exact) mass is 333 g/mol. The molecule has 1 aromatic carbocycles. The van der Waals surface area contributed by atoms with Gasteiger partial charge in [0.2, 0.25) is 11.1 Å². The van der Waals surface area contributed by atoms with Gasteiger partial charge in [-0.05, 0) is 41.0 Å². The molecule has 23 heavy (non-hydrogen) atoms. The highest BCUT2D eigenvalue weighted by Crippen LogP contribution is 2.36. The smallest absolute Gasteiger partial charge is 0.233 e. The van der Waals surface area contributed by atoms with Crippen LogP contribution < -0.4 is 4.74 Å². The minimum Gasteiger partial charge on any atom is -0.497 e. The molecule has 0 saturated heterocycles. The highest BCUT2D eigenvalue weighted by atomic mass is 32.2. The third-order valence-electron chi connectivity index (χ3n) is 3.68. The summed E-state index contributed by atoms with van der Waals surface area (Å²) in [6.45, 7) is 0.566. The molecule has 1 aliphatic carbocycles. The number of carbonyl (C=O) groups excluding carboxylic acids is 1. The molecule has 1 aliphatic rings. The van der Waals surface area contributed by atoms with Gasteiger partial charge in [0, 0.05) is 13.6 Å². The van der Waals surface area contributed by atoms with Crippen LogP contribution in [0.1, 0.15) is 24.4 Å². The Morgan fingerprint density at radius 3 is 2.78 bits per heavy atom. The van der Waals surface area contributed by atoms with Crippen LogP contribution in [0.2, 0.25) is 0 Å². The van der Waals surface area contributed by atoms with Crippen LogP contribution in [0.15, 0.2) is 29.4 Å². The van der Waals surface area contributed by atoms with E-state index in [4.69, 9.17) is 4.74 Å². The summed E-state index contributed by atoms with van der Waals surface area (Å²) >= 11 is 1.39. The van der Waals surface area contributed by atoms with Crippen molar-refractivity contribution in [3.63, 3.8) is 0 Å². The van der Waals surface area contributed by atoms with Gasteiger partial charge in [0.05, 0.1) is 18.9 Å². The van der Waals surface area contributed by atoms with Crippen molar-refractivity contribution >= 4 is 17.7 Å². The number of carbonyl (C=O) groups is 1. The first-order valence-corrected chi connectivity index (χ1v) is 8.43. The molecule has 1 fully saturated rings. The highest BCUT2D eigenvalue weighted by molar-refractivity contribution is 7.99. The average molecular weight is 333 g/mol. The first kappa shape index (κ1) is 15.8. The van der Waals surface area contributed by atoms with Crippen molar-refractivity contribution in [3.05, 3.63) is 29.8 Å². The zero-order valence-corrected chi connectivity index (χ0v) is 14.0. The van der Waals surface area contributed by atoms with E-state index in [2.05, 4.69) is 15.5 Å². The number of hydrogen-bond acceptors (Lipinski definition) is 6. The number of ether oxygens (including phenoxy) is 1. The molecule has 2 aromatic rings. The van der Waals surface area contributed by atoms with Gasteiger partial charge in [-0.2, -0.15) is 0 Å². The van der Waals surface area contributed by atoms with Crippen molar-refractivity contribution in [1.82, 2.24) is 25.1 Å². The van der Waals surface area contributed by atoms with Gasteiger partial charge in [-0.3, -0.25) is 4.79 Å². The first-order chi connectivity index (χ1) is 11.2. The number of nitrogens with zero attached hydrogens (tertiary/aromatic N) is 5. The Bertz CT molecular complexity index is 669. The van der Waals surface area contributed by atoms with Gasteiger partial charge in [0.1, 0.15) is 5.75 Å². The number of aromatic nitrogens is 4. The van der Waals surface area contributed by atoms with Crippen molar-refractivity contribution in [3.8, 4) is 5.75 Å². The molecular formula is C15H19N5O2S. The van der Waals surface area contributed by atoms with E-state index in [0.717, 1.165) is 29.3 Å². The summed E-state index contributed by atoms with van der Waals surface area (Å²) in [6, 6.07) is 8.13. The SMILES string of the molecule is COc1ccc(CN(C)C(=O)CSc2nnnn2C2CC2)cc1. The van der Waals surface area contributed by atoms with E-state index in [0.29, 0.717) is 18.3 Å². The molecule has 8 heteroatoms. The third-order valence-corrected chi connectivity index (χ3v) is 4.60. The van der Waals surface area contributed by atoms with Crippen molar-refractivity contribution in [2.75, 3.05) is 19.9 Å². The van der Waals surface area contributed by atoms with Crippen molar-refractivity contribution in [2.24, 2.45) is 0 Å². The molecule has 122 valence electrons. The van der Waals surface area contributed by atoms with Gasteiger partial charge in [0.25, 0.3) is 0 Å². The van der Waals surface area contributed by atoms with Gasteiger partial charge >= 0.3 is 0 Å². The molecule has 7 nitrogen and oxygen atoms in total. The van der Waals surface area contributed by atoms with Crippen LogP contribution in [0.25, 0.3) is 0 Å². The number of thioether (sulfide) groups is 1. The highest BCUT2D eigenvalue weighted by Gasteiger charge is 2.28. The number of hydrogen-bond donors (Lipinski definition) is 0. The molecule has 1 heterocycles. The second-order valence-electron chi connectivity index (χ2n) is 5.52. The third kappa shape index (κ3) is 4.01. The maximum absolute atomic E-state index is 12.3. The fraction of sp³-hybridized carbons (Fsp3) is 0.467.